The number of nitrogens with zero attached hydrogens (tertiary/aromatic N) is 2. The molecular formula is C30H30N2O5. The van der Waals surface area contributed by atoms with Crippen LogP contribution in [0.5, 0.6) is 0 Å². The van der Waals surface area contributed by atoms with E-state index >= 15 is 0 Å². The first kappa shape index (κ1) is 25.0. The lowest BCUT2D eigenvalue weighted by Gasteiger charge is -2.39. The standard InChI is InChI=1S/C30H30N2O5/c1-2-35-30(21-34-20-22-12-6-3-7-13-22)26(18-25(19-31)37-30)32-27(23-14-8-4-9-15-23)28(36-29(32)33)24-16-10-5-11-17-24/h3-17,25-28H,2,18,20-21H2,1H3/t25-,26+,27+,28-,30+/m0/s1. The maximum absolute atomic E-state index is 13.6. The highest BCUT2D eigenvalue weighted by molar-refractivity contribution is 5.72. The Hall–Kier alpha value is -3.70. The van der Waals surface area contributed by atoms with Gasteiger partial charge in [-0.3, -0.25) is 4.90 Å². The molecule has 0 N–H and O–H groups in total. The second-order valence-electron chi connectivity index (χ2n) is 9.19. The van der Waals surface area contributed by atoms with E-state index in [1.54, 1.807) is 4.90 Å². The predicted molar refractivity (Wildman–Crippen MR) is 136 cm³/mol. The van der Waals surface area contributed by atoms with Gasteiger partial charge in [0.05, 0.1) is 18.7 Å². The van der Waals surface area contributed by atoms with Crippen LogP contribution < -0.4 is 0 Å². The van der Waals surface area contributed by atoms with Gasteiger partial charge in [0.15, 0.2) is 6.10 Å². The van der Waals surface area contributed by atoms with Crippen LogP contribution in [0.15, 0.2) is 91.0 Å². The third-order valence-electron chi connectivity index (χ3n) is 6.86. The number of ether oxygens (including phenoxy) is 4. The summed E-state index contributed by atoms with van der Waals surface area (Å²) in [5, 5.41) is 9.80. The number of cyclic esters (lactones) is 1. The molecule has 2 aliphatic rings. The molecule has 0 spiro atoms. The molecule has 0 radical (unpaired) electrons. The number of carbonyl (C=O) groups excluding carboxylic acids is 1. The van der Waals surface area contributed by atoms with Crippen LogP contribution in [0, 0.1) is 11.3 Å². The first-order valence-corrected chi connectivity index (χ1v) is 12.6. The van der Waals surface area contributed by atoms with Crippen LogP contribution in [0.1, 0.15) is 42.2 Å². The van der Waals surface area contributed by atoms with E-state index in [4.69, 9.17) is 18.9 Å². The average molecular weight is 499 g/mol. The minimum atomic E-state index is -1.32. The van der Waals surface area contributed by atoms with Gasteiger partial charge in [0.2, 0.25) is 5.79 Å². The number of hydrogen-bond acceptors (Lipinski definition) is 6. The zero-order chi connectivity index (χ0) is 25.7. The molecule has 2 aliphatic heterocycles. The van der Waals surface area contributed by atoms with Gasteiger partial charge in [0.1, 0.15) is 18.8 Å². The number of rotatable bonds is 9. The smallest absolute Gasteiger partial charge is 0.411 e. The van der Waals surface area contributed by atoms with Gasteiger partial charge in [-0.05, 0) is 23.6 Å². The average Bonchev–Trinajstić information content (AvgIpc) is 3.47. The lowest BCUT2D eigenvalue weighted by atomic mass is 9.92. The summed E-state index contributed by atoms with van der Waals surface area (Å²) in [5.74, 6) is -1.32. The Balaban J connectivity index is 1.51. The highest BCUT2D eigenvalue weighted by Gasteiger charge is 2.59. The Kier molecular flexibility index (Phi) is 7.52. The highest BCUT2D eigenvalue weighted by Crippen LogP contribution is 2.49. The Morgan fingerprint density at radius 3 is 2.22 bits per heavy atom. The van der Waals surface area contributed by atoms with E-state index in [0.29, 0.717) is 13.2 Å². The lowest BCUT2D eigenvalue weighted by molar-refractivity contribution is -0.263. The summed E-state index contributed by atoms with van der Waals surface area (Å²) in [6, 6.07) is 30.5. The van der Waals surface area contributed by atoms with Crippen molar-refractivity contribution < 1.29 is 23.7 Å². The molecule has 0 aromatic heterocycles. The molecule has 2 saturated heterocycles. The topological polar surface area (TPSA) is 81.0 Å². The van der Waals surface area contributed by atoms with Crippen molar-refractivity contribution in [2.75, 3.05) is 13.2 Å². The summed E-state index contributed by atoms with van der Waals surface area (Å²) < 4.78 is 24.5. The molecule has 0 bridgehead atoms. The number of nitriles is 1. The summed E-state index contributed by atoms with van der Waals surface area (Å²) in [7, 11) is 0. The second-order valence-corrected chi connectivity index (χ2v) is 9.19. The van der Waals surface area contributed by atoms with Crippen molar-refractivity contribution in [2.45, 2.75) is 50.0 Å². The van der Waals surface area contributed by atoms with Gasteiger partial charge in [0.25, 0.3) is 0 Å². The molecule has 0 saturated carbocycles. The normalized spacial score (nSPS) is 27.1. The number of carbonyl (C=O) groups is 1. The van der Waals surface area contributed by atoms with Crippen molar-refractivity contribution in [3.63, 3.8) is 0 Å². The van der Waals surface area contributed by atoms with Gasteiger partial charge in [-0.25, -0.2) is 4.79 Å². The highest BCUT2D eigenvalue weighted by atomic mass is 16.7. The van der Waals surface area contributed by atoms with Crippen molar-refractivity contribution in [3.8, 4) is 6.07 Å². The summed E-state index contributed by atoms with van der Waals surface area (Å²) >= 11 is 0. The second kappa shape index (κ2) is 11.1. The van der Waals surface area contributed by atoms with Crippen LogP contribution in [0.4, 0.5) is 4.79 Å². The monoisotopic (exact) mass is 498 g/mol. The van der Waals surface area contributed by atoms with E-state index in [0.717, 1.165) is 16.7 Å². The van der Waals surface area contributed by atoms with Crippen LogP contribution in [-0.4, -0.2) is 42.1 Å². The zero-order valence-electron chi connectivity index (χ0n) is 20.7. The van der Waals surface area contributed by atoms with Crippen molar-refractivity contribution in [3.05, 3.63) is 108 Å². The van der Waals surface area contributed by atoms with Gasteiger partial charge in [-0.1, -0.05) is 91.0 Å². The molecule has 0 unspecified atom stereocenters. The number of amides is 1. The van der Waals surface area contributed by atoms with Crippen LogP contribution >= 0.6 is 0 Å². The predicted octanol–water partition coefficient (Wildman–Crippen LogP) is 5.55. The largest absolute Gasteiger partial charge is 0.439 e. The summed E-state index contributed by atoms with van der Waals surface area (Å²) in [4.78, 5) is 15.3. The molecule has 7 heteroatoms. The van der Waals surface area contributed by atoms with Crippen LogP contribution in [-0.2, 0) is 25.6 Å². The molecule has 2 heterocycles. The molecule has 3 aromatic carbocycles. The Labute approximate surface area is 217 Å². The zero-order valence-corrected chi connectivity index (χ0v) is 20.7. The fraction of sp³-hybridized carbons (Fsp3) is 0.333. The molecule has 190 valence electrons. The molecular weight excluding hydrogens is 468 g/mol. The van der Waals surface area contributed by atoms with Crippen LogP contribution in [0.25, 0.3) is 0 Å². The quantitative estimate of drug-likeness (QED) is 0.385. The molecule has 2 fully saturated rings. The van der Waals surface area contributed by atoms with Crippen molar-refractivity contribution in [1.82, 2.24) is 4.90 Å². The van der Waals surface area contributed by atoms with E-state index in [9.17, 15) is 10.1 Å². The fourth-order valence-electron chi connectivity index (χ4n) is 5.28. The van der Waals surface area contributed by atoms with E-state index < -0.39 is 36.2 Å². The summed E-state index contributed by atoms with van der Waals surface area (Å²) in [6.45, 7) is 2.59. The van der Waals surface area contributed by atoms with Gasteiger partial charge >= 0.3 is 6.09 Å². The molecule has 7 nitrogen and oxygen atoms in total. The summed E-state index contributed by atoms with van der Waals surface area (Å²) in [6.07, 6.45) is -1.47. The SMILES string of the molecule is CCO[C@]1(COCc2ccccc2)O[C@H](C#N)C[C@H]1N1C(=O)O[C@@H](c2ccccc2)[C@H]1c1ccccc1. The Morgan fingerprint density at radius 2 is 1.59 bits per heavy atom. The third-order valence-corrected chi connectivity index (χ3v) is 6.86. The van der Waals surface area contributed by atoms with Gasteiger partial charge < -0.3 is 18.9 Å². The molecule has 0 aliphatic carbocycles. The third kappa shape index (κ3) is 5.09. The van der Waals surface area contributed by atoms with Crippen LogP contribution in [0.2, 0.25) is 0 Å². The first-order valence-electron chi connectivity index (χ1n) is 12.6. The van der Waals surface area contributed by atoms with Crippen molar-refractivity contribution in [2.24, 2.45) is 0 Å². The van der Waals surface area contributed by atoms with E-state index in [1.807, 2.05) is 97.9 Å². The summed E-state index contributed by atoms with van der Waals surface area (Å²) in [5.41, 5.74) is 2.83. The van der Waals surface area contributed by atoms with Crippen molar-refractivity contribution >= 4 is 6.09 Å². The molecule has 37 heavy (non-hydrogen) atoms. The number of benzene rings is 3. The number of hydrogen-bond donors (Lipinski definition) is 0. The van der Waals surface area contributed by atoms with Crippen LogP contribution in [0.3, 0.4) is 0 Å². The first-order chi connectivity index (χ1) is 18.1. The Morgan fingerprint density at radius 1 is 0.973 bits per heavy atom. The molecule has 5 atom stereocenters. The lowest BCUT2D eigenvalue weighted by Crippen LogP contribution is -2.55. The van der Waals surface area contributed by atoms with E-state index in [2.05, 4.69) is 6.07 Å². The van der Waals surface area contributed by atoms with E-state index in [-0.39, 0.29) is 13.0 Å². The van der Waals surface area contributed by atoms with Gasteiger partial charge in [-0.15, -0.1) is 0 Å². The molecule has 1 amide bonds. The molecule has 3 aromatic rings. The van der Waals surface area contributed by atoms with Crippen molar-refractivity contribution in [1.29, 1.82) is 5.26 Å². The minimum absolute atomic E-state index is 0.0554. The maximum Gasteiger partial charge on any atom is 0.411 e. The van der Waals surface area contributed by atoms with Gasteiger partial charge in [0, 0.05) is 13.0 Å². The maximum atomic E-state index is 13.6. The fourth-order valence-corrected chi connectivity index (χ4v) is 5.28. The molecule has 5 rings (SSSR count). The Bertz CT molecular complexity index is 1220. The minimum Gasteiger partial charge on any atom is -0.439 e. The van der Waals surface area contributed by atoms with E-state index in [1.165, 1.54) is 0 Å². The van der Waals surface area contributed by atoms with Gasteiger partial charge in [-0.2, -0.15) is 5.26 Å².